The maximum atomic E-state index is 12.6. The normalized spacial score (nSPS) is 11.2. The molecular formula is C18H22N2O4S. The van der Waals surface area contributed by atoms with Crippen LogP contribution in [0.4, 0.5) is 11.4 Å². The molecule has 0 unspecified atom stereocenters. The lowest BCUT2D eigenvalue weighted by Gasteiger charge is -2.14. The van der Waals surface area contributed by atoms with Crippen molar-refractivity contribution in [1.29, 1.82) is 0 Å². The molecule has 6 nitrogen and oxygen atoms in total. The molecule has 0 aromatic heterocycles. The molecule has 25 heavy (non-hydrogen) atoms. The summed E-state index contributed by atoms with van der Waals surface area (Å²) >= 11 is 0. The molecule has 134 valence electrons. The van der Waals surface area contributed by atoms with Crippen LogP contribution in [0.15, 0.2) is 42.5 Å². The van der Waals surface area contributed by atoms with E-state index in [4.69, 9.17) is 4.74 Å². The summed E-state index contributed by atoms with van der Waals surface area (Å²) in [5.41, 5.74) is 1.93. The van der Waals surface area contributed by atoms with E-state index in [2.05, 4.69) is 10.0 Å². The number of hydrogen-bond acceptors (Lipinski definition) is 4. The molecule has 0 atom stereocenters. The fourth-order valence-electron chi connectivity index (χ4n) is 2.31. The van der Waals surface area contributed by atoms with Crippen LogP contribution >= 0.6 is 0 Å². The van der Waals surface area contributed by atoms with Crippen LogP contribution in [0.1, 0.15) is 29.8 Å². The number of anilines is 2. The van der Waals surface area contributed by atoms with Crippen molar-refractivity contribution in [3.05, 3.63) is 53.6 Å². The quantitative estimate of drug-likeness (QED) is 0.825. The van der Waals surface area contributed by atoms with Crippen molar-refractivity contribution in [1.82, 2.24) is 0 Å². The van der Waals surface area contributed by atoms with Gasteiger partial charge in [-0.15, -0.1) is 0 Å². The Morgan fingerprint density at radius 1 is 1.12 bits per heavy atom. The van der Waals surface area contributed by atoms with Gasteiger partial charge in [0, 0.05) is 17.3 Å². The van der Waals surface area contributed by atoms with Crippen molar-refractivity contribution < 1.29 is 17.9 Å². The summed E-state index contributed by atoms with van der Waals surface area (Å²) < 4.78 is 30.9. The standard InChI is InChI=1S/C18H22N2O4S/c1-12(2)24-15-8-5-7-14(11-15)19-18(21)16-9-6-10-17(13(16)3)20-25(4,22)23/h5-12,20H,1-4H3,(H,19,21). The average Bonchev–Trinajstić information content (AvgIpc) is 2.47. The molecule has 0 spiro atoms. The molecule has 0 aliphatic carbocycles. The van der Waals surface area contributed by atoms with Crippen LogP contribution in [-0.2, 0) is 10.0 Å². The van der Waals surface area contributed by atoms with E-state index >= 15 is 0 Å². The Balaban J connectivity index is 2.23. The van der Waals surface area contributed by atoms with Crippen molar-refractivity contribution in [2.75, 3.05) is 16.3 Å². The Kier molecular flexibility index (Phi) is 5.69. The van der Waals surface area contributed by atoms with Gasteiger partial charge in [0.25, 0.3) is 5.91 Å². The van der Waals surface area contributed by atoms with Gasteiger partial charge in [0.2, 0.25) is 10.0 Å². The lowest BCUT2D eigenvalue weighted by molar-refractivity contribution is 0.102. The van der Waals surface area contributed by atoms with Gasteiger partial charge >= 0.3 is 0 Å². The molecule has 2 aromatic carbocycles. The number of carbonyl (C=O) groups is 1. The summed E-state index contributed by atoms with van der Waals surface area (Å²) in [4.78, 5) is 12.6. The van der Waals surface area contributed by atoms with E-state index in [0.29, 0.717) is 28.3 Å². The third-order valence-corrected chi connectivity index (χ3v) is 3.93. The smallest absolute Gasteiger partial charge is 0.256 e. The number of carbonyl (C=O) groups excluding carboxylic acids is 1. The van der Waals surface area contributed by atoms with Crippen LogP contribution in [0, 0.1) is 6.92 Å². The molecular weight excluding hydrogens is 340 g/mol. The average molecular weight is 362 g/mol. The van der Waals surface area contributed by atoms with Gasteiger partial charge in [0.15, 0.2) is 0 Å². The van der Waals surface area contributed by atoms with Gasteiger partial charge in [0.1, 0.15) is 5.75 Å². The second-order valence-corrected chi connectivity index (χ2v) is 7.75. The van der Waals surface area contributed by atoms with Crippen molar-refractivity contribution in [3.8, 4) is 5.75 Å². The Morgan fingerprint density at radius 3 is 2.44 bits per heavy atom. The molecule has 7 heteroatoms. The third-order valence-electron chi connectivity index (χ3n) is 3.34. The number of sulfonamides is 1. The molecule has 0 aliphatic heterocycles. The number of amides is 1. The van der Waals surface area contributed by atoms with Gasteiger partial charge in [-0.25, -0.2) is 8.42 Å². The summed E-state index contributed by atoms with van der Waals surface area (Å²) in [7, 11) is -3.42. The summed E-state index contributed by atoms with van der Waals surface area (Å²) in [6.07, 6.45) is 1.10. The van der Waals surface area contributed by atoms with Gasteiger partial charge in [0.05, 0.1) is 18.0 Å². The number of hydrogen-bond donors (Lipinski definition) is 2. The highest BCUT2D eigenvalue weighted by Gasteiger charge is 2.14. The third kappa shape index (κ3) is 5.49. The Labute approximate surface area is 148 Å². The summed E-state index contributed by atoms with van der Waals surface area (Å²) in [6, 6.07) is 12.0. The fraction of sp³-hybridized carbons (Fsp3) is 0.278. The highest BCUT2D eigenvalue weighted by molar-refractivity contribution is 7.92. The summed E-state index contributed by atoms with van der Waals surface area (Å²) in [5, 5.41) is 2.81. The number of nitrogens with one attached hydrogen (secondary N) is 2. The van der Waals surface area contributed by atoms with E-state index in [1.165, 1.54) is 0 Å². The van der Waals surface area contributed by atoms with Crippen LogP contribution < -0.4 is 14.8 Å². The molecule has 0 bridgehead atoms. The zero-order chi connectivity index (χ0) is 18.6. The first-order valence-corrected chi connectivity index (χ1v) is 9.70. The fourth-order valence-corrected chi connectivity index (χ4v) is 2.93. The number of benzene rings is 2. The number of ether oxygens (including phenoxy) is 1. The molecule has 2 aromatic rings. The van der Waals surface area contributed by atoms with Crippen molar-refractivity contribution >= 4 is 27.3 Å². The Hall–Kier alpha value is -2.54. The van der Waals surface area contributed by atoms with Crippen molar-refractivity contribution in [2.45, 2.75) is 26.9 Å². The van der Waals surface area contributed by atoms with Crippen LogP contribution in [-0.4, -0.2) is 26.7 Å². The van der Waals surface area contributed by atoms with Crippen LogP contribution in [0.25, 0.3) is 0 Å². The molecule has 0 heterocycles. The van der Waals surface area contributed by atoms with Crippen LogP contribution in [0.2, 0.25) is 0 Å². The van der Waals surface area contributed by atoms with E-state index in [-0.39, 0.29) is 12.0 Å². The Bertz CT molecular complexity index is 876. The maximum Gasteiger partial charge on any atom is 0.256 e. The summed E-state index contributed by atoms with van der Waals surface area (Å²) in [6.45, 7) is 5.55. The van der Waals surface area contributed by atoms with Gasteiger partial charge in [-0.3, -0.25) is 9.52 Å². The molecule has 0 saturated carbocycles. The van der Waals surface area contributed by atoms with Gasteiger partial charge in [-0.1, -0.05) is 12.1 Å². The molecule has 2 N–H and O–H groups in total. The predicted octanol–water partition coefficient (Wildman–Crippen LogP) is 3.41. The van der Waals surface area contributed by atoms with E-state index in [9.17, 15) is 13.2 Å². The van der Waals surface area contributed by atoms with E-state index in [1.807, 2.05) is 19.9 Å². The topological polar surface area (TPSA) is 84.5 Å². The predicted molar refractivity (Wildman–Crippen MR) is 99.8 cm³/mol. The lowest BCUT2D eigenvalue weighted by Crippen LogP contribution is -2.16. The maximum absolute atomic E-state index is 12.6. The zero-order valence-electron chi connectivity index (χ0n) is 14.7. The van der Waals surface area contributed by atoms with Crippen molar-refractivity contribution in [3.63, 3.8) is 0 Å². The first-order valence-electron chi connectivity index (χ1n) is 7.81. The van der Waals surface area contributed by atoms with Gasteiger partial charge < -0.3 is 10.1 Å². The van der Waals surface area contributed by atoms with Gasteiger partial charge in [-0.2, -0.15) is 0 Å². The van der Waals surface area contributed by atoms with E-state index in [0.717, 1.165) is 6.26 Å². The van der Waals surface area contributed by atoms with Gasteiger partial charge in [-0.05, 0) is 50.6 Å². The second-order valence-electron chi connectivity index (χ2n) is 6.00. The minimum atomic E-state index is -3.42. The van der Waals surface area contributed by atoms with E-state index < -0.39 is 10.0 Å². The highest BCUT2D eigenvalue weighted by Crippen LogP contribution is 2.23. The van der Waals surface area contributed by atoms with Crippen molar-refractivity contribution in [2.24, 2.45) is 0 Å². The first kappa shape index (κ1) is 18.8. The van der Waals surface area contributed by atoms with Crippen LogP contribution in [0.3, 0.4) is 0 Å². The molecule has 0 fully saturated rings. The molecule has 2 rings (SSSR count). The van der Waals surface area contributed by atoms with Crippen LogP contribution in [0.5, 0.6) is 5.75 Å². The Morgan fingerprint density at radius 2 is 1.80 bits per heavy atom. The minimum absolute atomic E-state index is 0.0342. The molecule has 0 aliphatic rings. The molecule has 0 radical (unpaired) electrons. The van der Waals surface area contributed by atoms with E-state index in [1.54, 1.807) is 43.3 Å². The molecule has 1 amide bonds. The first-order chi connectivity index (χ1) is 11.7. The SMILES string of the molecule is Cc1c(NS(C)(=O)=O)cccc1C(=O)Nc1cccc(OC(C)C)c1. The lowest BCUT2D eigenvalue weighted by atomic mass is 10.1. The monoisotopic (exact) mass is 362 g/mol. The summed E-state index contributed by atoms with van der Waals surface area (Å²) in [5.74, 6) is 0.341. The number of rotatable bonds is 6. The largest absolute Gasteiger partial charge is 0.491 e. The highest BCUT2D eigenvalue weighted by atomic mass is 32.2. The zero-order valence-corrected chi connectivity index (χ0v) is 15.5. The molecule has 0 saturated heterocycles. The second kappa shape index (κ2) is 7.57. The minimum Gasteiger partial charge on any atom is -0.491 e.